The van der Waals surface area contributed by atoms with Crippen molar-refractivity contribution < 1.29 is 4.74 Å². The number of halogens is 2. The fraction of sp³-hybridized carbons (Fsp3) is 0.250. The van der Waals surface area contributed by atoms with Crippen LogP contribution in [0.2, 0.25) is 10.0 Å². The number of nitrogens with zero attached hydrogens (tertiary/aromatic N) is 4. The predicted molar refractivity (Wildman–Crippen MR) is 78.8 cm³/mol. The lowest BCUT2D eigenvalue weighted by Crippen LogP contribution is -1.99. The van der Waals surface area contributed by atoms with E-state index in [0.717, 1.165) is 22.2 Å². The van der Waals surface area contributed by atoms with Gasteiger partial charge >= 0.3 is 0 Å². The van der Waals surface area contributed by atoms with Crippen LogP contribution in [-0.2, 0) is 13.0 Å². The molecule has 0 N–H and O–H groups in total. The van der Waals surface area contributed by atoms with Crippen LogP contribution < -0.4 is 4.74 Å². The molecule has 2 heterocycles. The van der Waals surface area contributed by atoms with E-state index in [1.807, 2.05) is 6.92 Å². The maximum atomic E-state index is 6.05. The highest BCUT2D eigenvalue weighted by Crippen LogP contribution is 2.28. The normalized spacial score (nSPS) is 11.2. The van der Waals surface area contributed by atoms with Crippen molar-refractivity contribution in [3.8, 4) is 5.75 Å². The minimum Gasteiger partial charge on any atom is -0.485 e. The van der Waals surface area contributed by atoms with E-state index in [2.05, 4.69) is 15.3 Å². The van der Waals surface area contributed by atoms with E-state index in [1.54, 1.807) is 22.7 Å². The SMILES string of the molecule is CCc1nnc2sc(COc3ccc(Cl)cc3Cl)nn12. The highest BCUT2D eigenvalue weighted by atomic mass is 35.5. The van der Waals surface area contributed by atoms with Gasteiger partial charge in [0.25, 0.3) is 0 Å². The Bertz CT molecular complexity index is 755. The molecular weight excluding hydrogens is 319 g/mol. The number of aromatic nitrogens is 4. The third-order valence-electron chi connectivity index (χ3n) is 2.66. The molecule has 104 valence electrons. The van der Waals surface area contributed by atoms with Gasteiger partial charge < -0.3 is 4.74 Å². The van der Waals surface area contributed by atoms with Crippen LogP contribution in [0, 0.1) is 0 Å². The van der Waals surface area contributed by atoms with E-state index in [-0.39, 0.29) is 0 Å². The summed E-state index contributed by atoms with van der Waals surface area (Å²) in [6.45, 7) is 2.35. The number of benzene rings is 1. The standard InChI is InChI=1S/C12H10Cl2N4OS/c1-2-10-15-16-12-18(10)17-11(20-12)6-19-9-4-3-7(13)5-8(9)14/h3-5H,2,6H2,1H3. The summed E-state index contributed by atoms with van der Waals surface area (Å²) in [6, 6.07) is 5.12. The summed E-state index contributed by atoms with van der Waals surface area (Å²) in [5.41, 5.74) is 0. The van der Waals surface area contributed by atoms with Gasteiger partial charge in [0.05, 0.1) is 5.02 Å². The van der Waals surface area contributed by atoms with Crippen LogP contribution in [0.3, 0.4) is 0 Å². The van der Waals surface area contributed by atoms with Crippen LogP contribution >= 0.6 is 34.5 Å². The van der Waals surface area contributed by atoms with Crippen LogP contribution in [0.25, 0.3) is 4.96 Å². The lowest BCUT2D eigenvalue weighted by atomic mass is 10.3. The summed E-state index contributed by atoms with van der Waals surface area (Å²) in [6.07, 6.45) is 0.786. The number of hydrogen-bond donors (Lipinski definition) is 0. The fourth-order valence-corrected chi connectivity index (χ4v) is 2.94. The smallest absolute Gasteiger partial charge is 0.234 e. The Morgan fingerprint density at radius 2 is 2.15 bits per heavy atom. The topological polar surface area (TPSA) is 52.3 Å². The third-order valence-corrected chi connectivity index (χ3v) is 4.06. The number of aryl methyl sites for hydroxylation is 1. The Morgan fingerprint density at radius 3 is 2.90 bits per heavy atom. The first-order chi connectivity index (χ1) is 9.67. The average molecular weight is 329 g/mol. The zero-order chi connectivity index (χ0) is 14.1. The summed E-state index contributed by atoms with van der Waals surface area (Å²) < 4.78 is 7.39. The molecule has 5 nitrogen and oxygen atoms in total. The summed E-state index contributed by atoms with van der Waals surface area (Å²) >= 11 is 13.3. The molecule has 1 aromatic carbocycles. The molecule has 3 rings (SSSR count). The van der Waals surface area contributed by atoms with E-state index in [0.29, 0.717) is 22.4 Å². The summed E-state index contributed by atoms with van der Waals surface area (Å²) in [4.78, 5) is 0.766. The van der Waals surface area contributed by atoms with Crippen LogP contribution in [0.1, 0.15) is 17.8 Å². The second-order valence-electron chi connectivity index (χ2n) is 4.02. The first kappa shape index (κ1) is 13.6. The first-order valence-electron chi connectivity index (χ1n) is 5.95. The molecule has 0 saturated carbocycles. The van der Waals surface area contributed by atoms with Gasteiger partial charge in [-0.25, -0.2) is 0 Å². The molecule has 0 spiro atoms. The highest BCUT2D eigenvalue weighted by molar-refractivity contribution is 7.16. The zero-order valence-corrected chi connectivity index (χ0v) is 12.8. The Labute approximate surface area is 129 Å². The highest BCUT2D eigenvalue weighted by Gasteiger charge is 2.11. The van der Waals surface area contributed by atoms with Gasteiger partial charge in [0.15, 0.2) is 10.8 Å². The molecule has 0 aliphatic rings. The van der Waals surface area contributed by atoms with Crippen molar-refractivity contribution in [2.75, 3.05) is 0 Å². The van der Waals surface area contributed by atoms with E-state index >= 15 is 0 Å². The summed E-state index contributed by atoms with van der Waals surface area (Å²) in [7, 11) is 0. The first-order valence-corrected chi connectivity index (χ1v) is 7.52. The number of rotatable bonds is 4. The lowest BCUT2D eigenvalue weighted by Gasteiger charge is -2.05. The molecule has 3 aromatic rings. The molecule has 8 heteroatoms. The van der Waals surface area contributed by atoms with Gasteiger partial charge in [-0.3, -0.25) is 0 Å². The second kappa shape index (κ2) is 5.55. The van der Waals surface area contributed by atoms with E-state index in [4.69, 9.17) is 27.9 Å². The van der Waals surface area contributed by atoms with Crippen LogP contribution in [0.4, 0.5) is 0 Å². The van der Waals surface area contributed by atoms with Crippen molar-refractivity contribution in [3.63, 3.8) is 0 Å². The van der Waals surface area contributed by atoms with Gasteiger partial charge in [0.2, 0.25) is 4.96 Å². The van der Waals surface area contributed by atoms with Gasteiger partial charge in [-0.15, -0.1) is 10.2 Å². The van der Waals surface area contributed by atoms with E-state index in [1.165, 1.54) is 11.3 Å². The molecule has 0 amide bonds. The van der Waals surface area contributed by atoms with Crippen molar-refractivity contribution in [2.24, 2.45) is 0 Å². The average Bonchev–Trinajstić information content (AvgIpc) is 2.97. The lowest BCUT2D eigenvalue weighted by molar-refractivity contribution is 0.304. The maximum Gasteiger partial charge on any atom is 0.234 e. The Balaban J connectivity index is 1.77. The van der Waals surface area contributed by atoms with Gasteiger partial charge in [-0.05, 0) is 18.2 Å². The monoisotopic (exact) mass is 328 g/mol. The molecule has 0 aliphatic carbocycles. The van der Waals surface area contributed by atoms with Crippen molar-refractivity contribution in [1.82, 2.24) is 19.8 Å². The van der Waals surface area contributed by atoms with Crippen molar-refractivity contribution in [1.29, 1.82) is 0 Å². The van der Waals surface area contributed by atoms with Gasteiger partial charge in [-0.2, -0.15) is 9.61 Å². The summed E-state index contributed by atoms with van der Waals surface area (Å²) in [5.74, 6) is 1.42. The molecule has 0 atom stereocenters. The molecule has 0 saturated heterocycles. The van der Waals surface area contributed by atoms with Crippen molar-refractivity contribution >= 4 is 39.5 Å². The molecule has 0 unspecified atom stereocenters. The largest absolute Gasteiger partial charge is 0.485 e. The summed E-state index contributed by atoms with van der Waals surface area (Å²) in [5, 5.41) is 14.4. The Hall–Kier alpha value is -1.37. The van der Waals surface area contributed by atoms with Crippen LogP contribution in [0.5, 0.6) is 5.75 Å². The fourth-order valence-electron chi connectivity index (χ4n) is 1.71. The molecule has 2 aromatic heterocycles. The quantitative estimate of drug-likeness (QED) is 0.733. The van der Waals surface area contributed by atoms with Gasteiger partial charge in [0.1, 0.15) is 12.4 Å². The van der Waals surface area contributed by atoms with Crippen LogP contribution in [0.15, 0.2) is 18.2 Å². The van der Waals surface area contributed by atoms with Gasteiger partial charge in [-0.1, -0.05) is 41.5 Å². The van der Waals surface area contributed by atoms with Crippen molar-refractivity contribution in [2.45, 2.75) is 20.0 Å². The van der Waals surface area contributed by atoms with E-state index < -0.39 is 0 Å². The van der Waals surface area contributed by atoms with Crippen molar-refractivity contribution in [3.05, 3.63) is 39.1 Å². The molecule has 0 bridgehead atoms. The van der Waals surface area contributed by atoms with Crippen LogP contribution in [-0.4, -0.2) is 19.8 Å². The third kappa shape index (κ3) is 2.59. The minimum absolute atomic E-state index is 0.332. The number of fused-ring (bicyclic) bond motifs is 1. The maximum absolute atomic E-state index is 6.05. The molecule has 20 heavy (non-hydrogen) atoms. The number of ether oxygens (including phenoxy) is 1. The predicted octanol–water partition coefficient (Wildman–Crippen LogP) is 3.63. The number of hydrogen-bond acceptors (Lipinski definition) is 5. The Kier molecular flexibility index (Phi) is 3.78. The molecule has 0 radical (unpaired) electrons. The van der Waals surface area contributed by atoms with E-state index in [9.17, 15) is 0 Å². The second-order valence-corrected chi connectivity index (χ2v) is 5.91. The zero-order valence-electron chi connectivity index (χ0n) is 10.5. The Morgan fingerprint density at radius 1 is 1.30 bits per heavy atom. The van der Waals surface area contributed by atoms with Gasteiger partial charge in [0, 0.05) is 11.4 Å². The minimum atomic E-state index is 0.332. The molecule has 0 aliphatic heterocycles. The molecular formula is C12H10Cl2N4OS. The molecule has 0 fully saturated rings.